The molecule has 0 saturated carbocycles. The minimum absolute atomic E-state index is 0.230. The summed E-state index contributed by atoms with van der Waals surface area (Å²) in [6.45, 7) is 1.35. The Morgan fingerprint density at radius 2 is 1.88 bits per heavy atom. The van der Waals surface area contributed by atoms with Crippen LogP contribution in [0.5, 0.6) is 0 Å². The Morgan fingerprint density at radius 1 is 1.15 bits per heavy atom. The Hall–Kier alpha value is -3.31. The molecule has 4 rings (SSSR count). The predicted molar refractivity (Wildman–Crippen MR) is 123 cm³/mol. The van der Waals surface area contributed by atoms with Crippen LogP contribution in [0.4, 0.5) is 14.3 Å². The number of benzene rings is 2. The van der Waals surface area contributed by atoms with Crippen LogP contribution >= 0.6 is 23.1 Å². The summed E-state index contributed by atoms with van der Waals surface area (Å²) in [7, 11) is 0. The Balaban J connectivity index is 1.38. The number of carbonyl (C=O) groups is 3. The molecule has 3 aromatic rings. The summed E-state index contributed by atoms with van der Waals surface area (Å²) in [4.78, 5) is 39.1. The third-order valence-electron chi connectivity index (χ3n) is 5.24. The lowest BCUT2D eigenvalue weighted by Gasteiger charge is -2.25. The second-order valence-corrected chi connectivity index (χ2v) is 9.45. The molecule has 1 unspecified atom stereocenters. The average Bonchev–Trinajstić information content (AvgIpc) is 3.36. The van der Waals surface area contributed by atoms with E-state index in [0.717, 1.165) is 16.2 Å². The molecule has 0 aliphatic carbocycles. The van der Waals surface area contributed by atoms with Gasteiger partial charge in [0.1, 0.15) is 17.9 Å². The summed E-state index contributed by atoms with van der Waals surface area (Å²) in [6, 6.07) is 14.8. The van der Waals surface area contributed by atoms with Gasteiger partial charge in [-0.3, -0.25) is 19.8 Å². The highest BCUT2D eigenvalue weighted by atomic mass is 32.2. The fourth-order valence-corrected chi connectivity index (χ4v) is 5.26. The highest BCUT2D eigenvalue weighted by molar-refractivity contribution is 8.00. The highest BCUT2D eigenvalue weighted by Crippen LogP contribution is 2.32. The van der Waals surface area contributed by atoms with Gasteiger partial charge in [-0.15, -0.1) is 10.2 Å². The molecule has 1 fully saturated rings. The van der Waals surface area contributed by atoms with E-state index in [1.807, 2.05) is 6.07 Å². The van der Waals surface area contributed by atoms with E-state index in [4.69, 9.17) is 0 Å². The van der Waals surface area contributed by atoms with Gasteiger partial charge in [-0.05, 0) is 23.6 Å². The van der Waals surface area contributed by atoms with E-state index in [9.17, 15) is 18.8 Å². The maximum absolute atomic E-state index is 13.7. The summed E-state index contributed by atoms with van der Waals surface area (Å²) in [6.07, 6.45) is 0.346. The molecule has 2 heterocycles. The third kappa shape index (κ3) is 4.74. The molecule has 0 spiro atoms. The van der Waals surface area contributed by atoms with E-state index in [-0.39, 0.29) is 10.9 Å². The van der Waals surface area contributed by atoms with E-state index in [1.165, 1.54) is 17.8 Å². The minimum Gasteiger partial charge on any atom is -0.319 e. The first kappa shape index (κ1) is 22.9. The third-order valence-corrected chi connectivity index (χ3v) is 7.26. The monoisotopic (exact) mass is 485 g/mol. The lowest BCUT2D eigenvalue weighted by Crippen LogP contribution is -2.44. The van der Waals surface area contributed by atoms with Gasteiger partial charge in [0, 0.05) is 5.75 Å². The number of rotatable bonds is 8. The van der Waals surface area contributed by atoms with Crippen molar-refractivity contribution in [2.24, 2.45) is 0 Å². The number of aromatic nitrogens is 2. The van der Waals surface area contributed by atoms with Crippen LogP contribution in [0.2, 0.25) is 0 Å². The van der Waals surface area contributed by atoms with Crippen molar-refractivity contribution in [2.45, 2.75) is 29.0 Å². The first-order valence-corrected chi connectivity index (χ1v) is 11.9. The number of urea groups is 1. The molecule has 8 nitrogen and oxygen atoms in total. The van der Waals surface area contributed by atoms with Gasteiger partial charge in [0.2, 0.25) is 11.0 Å². The topological polar surface area (TPSA) is 104 Å². The van der Waals surface area contributed by atoms with Crippen LogP contribution in [0.15, 0.2) is 58.9 Å². The van der Waals surface area contributed by atoms with E-state index < -0.39 is 29.9 Å². The van der Waals surface area contributed by atoms with Crippen LogP contribution in [-0.2, 0) is 20.9 Å². The molecule has 1 aliphatic heterocycles. The van der Waals surface area contributed by atoms with Crippen LogP contribution in [0.3, 0.4) is 0 Å². The summed E-state index contributed by atoms with van der Waals surface area (Å²) < 4.78 is 14.3. The molecular weight excluding hydrogens is 465 g/mol. The number of anilines is 1. The molecule has 11 heteroatoms. The second-order valence-electron chi connectivity index (χ2n) is 7.25. The number of nitrogens with zero attached hydrogens (tertiary/aromatic N) is 3. The highest BCUT2D eigenvalue weighted by Gasteiger charge is 2.51. The van der Waals surface area contributed by atoms with Crippen molar-refractivity contribution >= 4 is 46.1 Å². The normalized spacial score (nSPS) is 17.8. The molecule has 0 radical (unpaired) electrons. The van der Waals surface area contributed by atoms with Crippen LogP contribution < -0.4 is 10.6 Å². The van der Waals surface area contributed by atoms with Crippen molar-refractivity contribution in [2.75, 3.05) is 11.9 Å². The number of nitrogens with one attached hydrogen (secondary N) is 2. The van der Waals surface area contributed by atoms with Gasteiger partial charge in [0.15, 0.2) is 4.34 Å². The number of hydrogen-bond acceptors (Lipinski definition) is 7. The van der Waals surface area contributed by atoms with Crippen molar-refractivity contribution in [1.82, 2.24) is 20.4 Å². The molecular formula is C22H20FN5O3S2. The van der Waals surface area contributed by atoms with Gasteiger partial charge < -0.3 is 5.32 Å². The standard InChI is InChI=1S/C22H20FN5O3S2/c1-2-22(15-9-4-3-5-10-15)18(30)28(20(31)25-22)12-17(29)24-19-26-27-21(33-19)32-13-14-8-6-7-11-16(14)23/h3-11H,2,12-13H2,1H3,(H,25,31)(H,24,26,29). The number of carbonyl (C=O) groups excluding carboxylic acids is 3. The first-order chi connectivity index (χ1) is 15.9. The number of halogens is 1. The molecule has 1 aliphatic rings. The molecule has 1 atom stereocenters. The Bertz CT molecular complexity index is 1190. The fraction of sp³-hybridized carbons (Fsp3) is 0.227. The van der Waals surface area contributed by atoms with Gasteiger partial charge in [0.05, 0.1) is 0 Å². The predicted octanol–water partition coefficient (Wildman–Crippen LogP) is 3.77. The Kier molecular flexibility index (Phi) is 6.70. The number of amides is 4. The zero-order valence-electron chi connectivity index (χ0n) is 17.6. The van der Waals surface area contributed by atoms with Crippen LogP contribution in [0, 0.1) is 5.82 Å². The number of thioether (sulfide) groups is 1. The van der Waals surface area contributed by atoms with Gasteiger partial charge in [-0.2, -0.15) is 0 Å². The molecule has 0 bridgehead atoms. The summed E-state index contributed by atoms with van der Waals surface area (Å²) in [5.74, 6) is -0.971. The van der Waals surface area contributed by atoms with Crippen LogP contribution in [0.1, 0.15) is 24.5 Å². The minimum atomic E-state index is -1.20. The van der Waals surface area contributed by atoms with Crippen molar-refractivity contribution < 1.29 is 18.8 Å². The maximum Gasteiger partial charge on any atom is 0.325 e. The van der Waals surface area contributed by atoms with Crippen molar-refractivity contribution in [3.63, 3.8) is 0 Å². The maximum atomic E-state index is 13.7. The summed E-state index contributed by atoms with van der Waals surface area (Å²) in [5, 5.41) is 13.4. The van der Waals surface area contributed by atoms with E-state index in [0.29, 0.717) is 27.6 Å². The average molecular weight is 486 g/mol. The van der Waals surface area contributed by atoms with E-state index in [1.54, 1.807) is 49.4 Å². The van der Waals surface area contributed by atoms with Crippen molar-refractivity contribution in [3.05, 3.63) is 71.5 Å². The van der Waals surface area contributed by atoms with Gasteiger partial charge in [0.25, 0.3) is 5.91 Å². The molecule has 2 aromatic carbocycles. The summed E-state index contributed by atoms with van der Waals surface area (Å²) >= 11 is 2.42. The number of hydrogen-bond donors (Lipinski definition) is 2. The van der Waals surface area contributed by atoms with E-state index >= 15 is 0 Å². The molecule has 170 valence electrons. The molecule has 33 heavy (non-hydrogen) atoms. The Morgan fingerprint density at radius 3 is 2.61 bits per heavy atom. The fourth-order valence-electron chi connectivity index (χ4n) is 3.51. The van der Waals surface area contributed by atoms with Gasteiger partial charge in [-0.1, -0.05) is 78.6 Å². The molecule has 2 N–H and O–H groups in total. The Labute approximate surface area is 197 Å². The lowest BCUT2D eigenvalue weighted by molar-refractivity contribution is -0.134. The van der Waals surface area contributed by atoms with Crippen LogP contribution in [-0.4, -0.2) is 39.5 Å². The van der Waals surface area contributed by atoms with Crippen LogP contribution in [0.25, 0.3) is 0 Å². The SMILES string of the molecule is CCC1(c2ccccc2)NC(=O)N(CC(=O)Nc2nnc(SCc3ccccc3F)s2)C1=O. The lowest BCUT2D eigenvalue weighted by atomic mass is 9.87. The molecule has 4 amide bonds. The van der Waals surface area contributed by atoms with E-state index in [2.05, 4.69) is 20.8 Å². The van der Waals surface area contributed by atoms with Crippen molar-refractivity contribution in [3.8, 4) is 0 Å². The zero-order chi connectivity index (χ0) is 23.4. The zero-order valence-corrected chi connectivity index (χ0v) is 19.2. The summed E-state index contributed by atoms with van der Waals surface area (Å²) in [5.41, 5.74) is 0.00630. The molecule has 1 saturated heterocycles. The number of imide groups is 1. The first-order valence-electron chi connectivity index (χ1n) is 10.1. The smallest absolute Gasteiger partial charge is 0.319 e. The largest absolute Gasteiger partial charge is 0.325 e. The van der Waals surface area contributed by atoms with Gasteiger partial charge >= 0.3 is 6.03 Å². The van der Waals surface area contributed by atoms with Gasteiger partial charge in [-0.25, -0.2) is 9.18 Å². The second kappa shape index (κ2) is 9.67. The van der Waals surface area contributed by atoms with Crippen molar-refractivity contribution in [1.29, 1.82) is 0 Å². The quantitative estimate of drug-likeness (QED) is 0.286. The molecule has 1 aromatic heterocycles.